The molecule has 2 aliphatic heterocycles. The molecular weight excluding hydrogens is 580 g/mol. The number of piperazine rings is 1. The Morgan fingerprint density at radius 1 is 1.07 bits per heavy atom. The molecule has 11 heteroatoms. The number of aromatic hydroxyl groups is 1. The molecule has 0 unspecified atom stereocenters. The number of phenolic OH excluding ortho intramolecular Hbond substituents is 1. The van der Waals surface area contributed by atoms with E-state index < -0.39 is 40.2 Å². The summed E-state index contributed by atoms with van der Waals surface area (Å²) in [6.07, 6.45) is 3.01. The number of pyridine rings is 2. The lowest BCUT2D eigenvalue weighted by atomic mass is 9.95. The Balaban J connectivity index is 1.58. The molecule has 4 aromatic rings. The Bertz CT molecular complexity index is 2000. The average molecular weight is 612 g/mol. The first kappa shape index (κ1) is 28.7. The van der Waals surface area contributed by atoms with E-state index in [1.54, 1.807) is 21.9 Å². The van der Waals surface area contributed by atoms with Gasteiger partial charge in [-0.15, -0.1) is 0 Å². The second-order valence-corrected chi connectivity index (χ2v) is 12.3. The zero-order valence-corrected chi connectivity index (χ0v) is 25.1. The molecule has 9 nitrogen and oxygen atoms in total. The van der Waals surface area contributed by atoms with E-state index in [9.17, 15) is 19.5 Å². The Hall–Kier alpha value is -5.06. The minimum Gasteiger partial charge on any atom is -0.507 e. The predicted octanol–water partition coefficient (Wildman–Crippen LogP) is 4.66. The molecule has 7 rings (SSSR count). The molecule has 3 aliphatic rings. The van der Waals surface area contributed by atoms with Gasteiger partial charge in [0.25, 0.3) is 11.5 Å². The summed E-state index contributed by atoms with van der Waals surface area (Å²) in [5, 5.41) is 10.8. The molecule has 1 saturated heterocycles. The minimum absolute atomic E-state index is 0.0392. The van der Waals surface area contributed by atoms with Crippen LogP contribution in [0.5, 0.6) is 5.75 Å². The molecule has 4 heterocycles. The molecule has 1 N–H and O–H groups in total. The number of phenols is 1. The molecular formula is C34H31F2N5O4. The van der Waals surface area contributed by atoms with Gasteiger partial charge in [-0.2, -0.15) is 0 Å². The predicted molar refractivity (Wildman–Crippen MR) is 167 cm³/mol. The monoisotopic (exact) mass is 611 g/mol. The van der Waals surface area contributed by atoms with Crippen LogP contribution in [-0.4, -0.2) is 63.6 Å². The van der Waals surface area contributed by atoms with E-state index in [0.29, 0.717) is 11.4 Å². The molecule has 2 fully saturated rings. The Morgan fingerprint density at radius 3 is 2.49 bits per heavy atom. The third-order valence-corrected chi connectivity index (χ3v) is 9.51. The Kier molecular flexibility index (Phi) is 6.36. The van der Waals surface area contributed by atoms with Crippen LogP contribution >= 0.6 is 0 Å². The van der Waals surface area contributed by atoms with Crippen molar-refractivity contribution in [2.24, 2.45) is 0 Å². The van der Waals surface area contributed by atoms with E-state index in [1.165, 1.54) is 40.8 Å². The lowest BCUT2D eigenvalue weighted by Gasteiger charge is -2.49. The number of benzene rings is 2. The first-order chi connectivity index (χ1) is 21.5. The van der Waals surface area contributed by atoms with E-state index >= 15 is 8.78 Å². The van der Waals surface area contributed by atoms with E-state index in [0.717, 1.165) is 24.5 Å². The fourth-order valence-corrected chi connectivity index (χ4v) is 6.82. The number of amides is 2. The quantitative estimate of drug-likeness (QED) is 0.338. The summed E-state index contributed by atoms with van der Waals surface area (Å²) >= 11 is 0. The third-order valence-electron chi connectivity index (χ3n) is 9.51. The molecule has 2 aromatic heterocycles. The van der Waals surface area contributed by atoms with E-state index in [-0.39, 0.29) is 53.1 Å². The summed E-state index contributed by atoms with van der Waals surface area (Å²) in [4.78, 5) is 50.4. The number of carbonyl (C=O) groups is 2. The number of hydrogen-bond donors (Lipinski definition) is 1. The van der Waals surface area contributed by atoms with Crippen LogP contribution in [0.4, 0.5) is 20.2 Å². The van der Waals surface area contributed by atoms with Gasteiger partial charge in [-0.3, -0.25) is 19.0 Å². The summed E-state index contributed by atoms with van der Waals surface area (Å²) in [6.45, 7) is 7.73. The first-order valence-corrected chi connectivity index (χ1v) is 14.8. The highest BCUT2D eigenvalue weighted by molar-refractivity contribution is 6.12. The number of carbonyl (C=O) groups excluding carboxylic acids is 2. The molecule has 2 atom stereocenters. The van der Waals surface area contributed by atoms with Crippen molar-refractivity contribution in [3.8, 4) is 22.7 Å². The summed E-state index contributed by atoms with van der Waals surface area (Å²) in [6, 6.07) is 11.0. The Morgan fingerprint density at radius 2 is 1.80 bits per heavy atom. The standard InChI is InChI=1S/C34H31F2N5O4/c1-5-26(43)39-17-24-32(44)38(4)30-29(40(24)16-18(39)2)19-15-22(36)28(27-21(35)10-8-12-25(27)42)37-31(19)41(33(30)45)23-11-7-6-9-20(23)34(3)13-14-34/h5-12,15,18,24,42H,1,13-14,16-17H2,2-4H3/t18-,24-/m1/s1. The summed E-state index contributed by atoms with van der Waals surface area (Å²) in [7, 11) is 1.50. The van der Waals surface area contributed by atoms with Crippen LogP contribution in [0.3, 0.4) is 0 Å². The van der Waals surface area contributed by atoms with Crippen molar-refractivity contribution in [2.45, 2.75) is 44.2 Å². The van der Waals surface area contributed by atoms with Gasteiger partial charge in [0.15, 0.2) is 11.5 Å². The maximum atomic E-state index is 16.1. The van der Waals surface area contributed by atoms with Gasteiger partial charge in [0.05, 0.1) is 23.5 Å². The van der Waals surface area contributed by atoms with E-state index in [1.807, 2.05) is 19.1 Å². The van der Waals surface area contributed by atoms with Crippen molar-refractivity contribution in [3.05, 3.63) is 88.7 Å². The number of aromatic nitrogens is 2. The third kappa shape index (κ3) is 4.17. The molecule has 0 bridgehead atoms. The first-order valence-electron chi connectivity index (χ1n) is 14.8. The smallest absolute Gasteiger partial charge is 0.282 e. The van der Waals surface area contributed by atoms with Crippen LogP contribution in [0.25, 0.3) is 28.0 Å². The number of fused-ring (bicyclic) bond motifs is 5. The largest absolute Gasteiger partial charge is 0.507 e. The van der Waals surface area contributed by atoms with Gasteiger partial charge >= 0.3 is 0 Å². The molecule has 1 aliphatic carbocycles. The number of halogens is 2. The molecule has 230 valence electrons. The van der Waals surface area contributed by atoms with Crippen molar-refractivity contribution < 1.29 is 23.5 Å². The number of anilines is 2. The van der Waals surface area contributed by atoms with Gasteiger partial charge in [-0.25, -0.2) is 13.8 Å². The Labute approximate surface area is 257 Å². The molecule has 1 saturated carbocycles. The number of nitrogens with zero attached hydrogens (tertiary/aromatic N) is 5. The summed E-state index contributed by atoms with van der Waals surface area (Å²) in [5.74, 6) is -3.00. The zero-order valence-electron chi connectivity index (χ0n) is 25.1. The average Bonchev–Trinajstić information content (AvgIpc) is 3.77. The zero-order chi connectivity index (χ0) is 31.9. The highest BCUT2D eigenvalue weighted by Crippen LogP contribution is 2.50. The van der Waals surface area contributed by atoms with Gasteiger partial charge in [-0.1, -0.05) is 37.8 Å². The maximum absolute atomic E-state index is 16.1. The van der Waals surface area contributed by atoms with E-state index in [4.69, 9.17) is 0 Å². The second-order valence-electron chi connectivity index (χ2n) is 12.3. The topological polar surface area (TPSA) is 99.0 Å². The highest BCUT2D eigenvalue weighted by atomic mass is 19.1. The molecule has 0 spiro atoms. The van der Waals surface area contributed by atoms with Gasteiger partial charge in [0.2, 0.25) is 5.91 Å². The van der Waals surface area contributed by atoms with Crippen LogP contribution in [0.1, 0.15) is 32.3 Å². The van der Waals surface area contributed by atoms with Crippen LogP contribution < -0.4 is 15.4 Å². The maximum Gasteiger partial charge on any atom is 0.282 e. The van der Waals surface area contributed by atoms with Gasteiger partial charge < -0.3 is 19.8 Å². The number of para-hydroxylation sites is 1. The number of hydrogen-bond acceptors (Lipinski definition) is 6. The normalized spacial score (nSPS) is 20.2. The molecule has 0 radical (unpaired) electrons. The lowest BCUT2D eigenvalue weighted by Crippen LogP contribution is -2.66. The van der Waals surface area contributed by atoms with Gasteiger partial charge in [0, 0.05) is 25.0 Å². The molecule has 2 amide bonds. The van der Waals surface area contributed by atoms with Crippen LogP contribution in [0.2, 0.25) is 0 Å². The SMILES string of the molecule is C=CC(=O)N1C[C@@H]2C(=O)N(C)c3c(c4cc(F)c(-c5c(O)cccc5F)nc4n(-c4ccccc4C4(C)CC4)c3=O)N2C[C@H]1C. The van der Waals surface area contributed by atoms with Gasteiger partial charge in [0.1, 0.15) is 29.0 Å². The van der Waals surface area contributed by atoms with Crippen molar-refractivity contribution in [2.75, 3.05) is 29.9 Å². The highest BCUT2D eigenvalue weighted by Gasteiger charge is 2.47. The number of rotatable bonds is 4. The van der Waals surface area contributed by atoms with Crippen LogP contribution in [0.15, 0.2) is 66.0 Å². The van der Waals surface area contributed by atoms with Crippen LogP contribution in [0, 0.1) is 11.6 Å². The van der Waals surface area contributed by atoms with Crippen molar-refractivity contribution in [3.63, 3.8) is 0 Å². The lowest BCUT2D eigenvalue weighted by molar-refractivity contribution is -0.130. The van der Waals surface area contributed by atoms with Crippen molar-refractivity contribution in [1.29, 1.82) is 0 Å². The van der Waals surface area contributed by atoms with Crippen LogP contribution in [-0.2, 0) is 15.0 Å². The van der Waals surface area contributed by atoms with Crippen molar-refractivity contribution in [1.82, 2.24) is 14.5 Å². The fourth-order valence-electron chi connectivity index (χ4n) is 6.82. The number of likely N-dealkylation sites (N-methyl/N-ethyl adjacent to an activating group) is 1. The minimum atomic E-state index is -0.914. The van der Waals surface area contributed by atoms with Crippen molar-refractivity contribution >= 4 is 34.2 Å². The fraction of sp³-hybridized carbons (Fsp3) is 0.294. The summed E-state index contributed by atoms with van der Waals surface area (Å²) < 4.78 is 32.6. The molecule has 2 aromatic carbocycles. The summed E-state index contributed by atoms with van der Waals surface area (Å²) in [5.41, 5.74) is 0.204. The second kappa shape index (κ2) is 9.98. The van der Waals surface area contributed by atoms with Gasteiger partial charge in [-0.05, 0) is 61.1 Å². The van der Waals surface area contributed by atoms with E-state index in [2.05, 4.69) is 18.5 Å². The molecule has 45 heavy (non-hydrogen) atoms.